The summed E-state index contributed by atoms with van der Waals surface area (Å²) in [6.07, 6.45) is 2.63. The van der Waals surface area contributed by atoms with Gasteiger partial charge in [-0.15, -0.1) is 0 Å². The Morgan fingerprint density at radius 2 is 2.29 bits per heavy atom. The summed E-state index contributed by atoms with van der Waals surface area (Å²) in [7, 11) is -3.76. The lowest BCUT2D eigenvalue weighted by Crippen LogP contribution is -2.37. The first-order valence-corrected chi connectivity index (χ1v) is 6.60. The average molecular weight is 259 g/mol. The fourth-order valence-electron chi connectivity index (χ4n) is 1.63. The maximum absolute atomic E-state index is 12.2. The van der Waals surface area contributed by atoms with Crippen molar-refractivity contribution < 1.29 is 18.3 Å². The number of hydrogen-bond donors (Lipinski definition) is 2. The third kappa shape index (κ3) is 2.32. The molecule has 0 atom stereocenters. The van der Waals surface area contributed by atoms with Gasteiger partial charge in [-0.25, -0.2) is 8.42 Å². The number of carboxylic acid groups (broad SMARTS) is 1. The van der Waals surface area contributed by atoms with Crippen LogP contribution in [0.2, 0.25) is 0 Å². The minimum atomic E-state index is -3.76. The lowest BCUT2D eigenvalue weighted by molar-refractivity contribution is -0.137. The normalized spacial score (nSPS) is 16.4. The number of aromatic amines is 1. The van der Waals surface area contributed by atoms with Crippen molar-refractivity contribution >= 4 is 16.0 Å². The Balaban J connectivity index is 2.35. The van der Waals surface area contributed by atoms with E-state index in [1.54, 1.807) is 6.92 Å². The first-order valence-electron chi connectivity index (χ1n) is 5.16. The number of aryl methyl sites for hydroxylation is 1. The van der Waals surface area contributed by atoms with Gasteiger partial charge in [-0.2, -0.15) is 9.40 Å². The highest BCUT2D eigenvalue weighted by Gasteiger charge is 2.40. The molecular weight excluding hydrogens is 246 g/mol. The molecule has 0 unspecified atom stereocenters. The van der Waals surface area contributed by atoms with Crippen molar-refractivity contribution in [2.75, 3.05) is 6.54 Å². The third-order valence-corrected chi connectivity index (χ3v) is 4.63. The van der Waals surface area contributed by atoms with Crippen LogP contribution in [0.5, 0.6) is 0 Å². The zero-order valence-corrected chi connectivity index (χ0v) is 10.1. The van der Waals surface area contributed by atoms with Gasteiger partial charge in [0, 0.05) is 6.04 Å². The van der Waals surface area contributed by atoms with Crippen LogP contribution in [0.1, 0.15) is 18.5 Å². The summed E-state index contributed by atoms with van der Waals surface area (Å²) >= 11 is 0. The van der Waals surface area contributed by atoms with Crippen LogP contribution < -0.4 is 0 Å². The zero-order chi connectivity index (χ0) is 12.6. The molecule has 2 rings (SSSR count). The summed E-state index contributed by atoms with van der Waals surface area (Å²) in [5.41, 5.74) is 0.418. The highest BCUT2D eigenvalue weighted by molar-refractivity contribution is 7.89. The molecule has 1 aromatic heterocycles. The molecule has 8 heteroatoms. The SMILES string of the molecule is Cc1[nH]ncc1S(=O)(=O)N(CC(=O)O)C1CC1. The van der Waals surface area contributed by atoms with E-state index < -0.39 is 22.5 Å². The molecule has 0 amide bonds. The van der Waals surface area contributed by atoms with Crippen LogP contribution in [0.3, 0.4) is 0 Å². The molecule has 1 aliphatic carbocycles. The predicted octanol–water partition coefficient (Wildman–Crippen LogP) is -0.0442. The predicted molar refractivity (Wildman–Crippen MR) is 57.9 cm³/mol. The zero-order valence-electron chi connectivity index (χ0n) is 9.25. The Morgan fingerprint density at radius 3 is 2.71 bits per heavy atom. The monoisotopic (exact) mass is 259 g/mol. The van der Waals surface area contributed by atoms with E-state index >= 15 is 0 Å². The van der Waals surface area contributed by atoms with Crippen LogP contribution in [-0.4, -0.2) is 46.6 Å². The van der Waals surface area contributed by atoms with Gasteiger partial charge in [0.25, 0.3) is 0 Å². The van der Waals surface area contributed by atoms with E-state index in [-0.39, 0.29) is 10.9 Å². The van der Waals surface area contributed by atoms with E-state index in [2.05, 4.69) is 10.2 Å². The topological polar surface area (TPSA) is 103 Å². The first-order chi connectivity index (χ1) is 7.93. The second kappa shape index (κ2) is 4.11. The van der Waals surface area contributed by atoms with E-state index in [0.717, 1.165) is 4.31 Å². The largest absolute Gasteiger partial charge is 0.480 e. The molecule has 0 saturated heterocycles. The lowest BCUT2D eigenvalue weighted by atomic mass is 10.5. The molecule has 0 bridgehead atoms. The highest BCUT2D eigenvalue weighted by Crippen LogP contribution is 2.32. The van der Waals surface area contributed by atoms with Gasteiger partial charge >= 0.3 is 5.97 Å². The minimum Gasteiger partial charge on any atom is -0.480 e. The van der Waals surface area contributed by atoms with Gasteiger partial charge in [-0.05, 0) is 19.8 Å². The van der Waals surface area contributed by atoms with Gasteiger partial charge in [-0.3, -0.25) is 9.89 Å². The third-order valence-electron chi connectivity index (χ3n) is 2.62. The molecule has 1 aliphatic rings. The van der Waals surface area contributed by atoms with Crippen molar-refractivity contribution in [3.8, 4) is 0 Å². The Kier molecular flexibility index (Phi) is 2.92. The number of H-pyrrole nitrogens is 1. The molecule has 0 aliphatic heterocycles. The lowest BCUT2D eigenvalue weighted by Gasteiger charge is -2.19. The molecule has 94 valence electrons. The Morgan fingerprint density at radius 1 is 1.65 bits per heavy atom. The molecule has 2 N–H and O–H groups in total. The molecule has 1 aromatic rings. The Bertz CT molecular complexity index is 532. The summed E-state index contributed by atoms with van der Waals surface area (Å²) in [4.78, 5) is 10.8. The smallest absolute Gasteiger partial charge is 0.318 e. The first kappa shape index (κ1) is 12.1. The number of sulfonamides is 1. The van der Waals surface area contributed by atoms with Crippen LogP contribution in [0.25, 0.3) is 0 Å². The number of carbonyl (C=O) groups is 1. The van der Waals surface area contributed by atoms with Crippen molar-refractivity contribution in [1.82, 2.24) is 14.5 Å². The summed E-state index contributed by atoms with van der Waals surface area (Å²) in [5, 5.41) is 15.0. The van der Waals surface area contributed by atoms with Crippen molar-refractivity contribution in [2.24, 2.45) is 0 Å². The van der Waals surface area contributed by atoms with Crippen molar-refractivity contribution in [3.63, 3.8) is 0 Å². The van der Waals surface area contributed by atoms with Gasteiger partial charge in [0.15, 0.2) is 0 Å². The second-order valence-electron chi connectivity index (χ2n) is 4.03. The summed E-state index contributed by atoms with van der Waals surface area (Å²) in [6, 6.07) is -0.189. The highest BCUT2D eigenvalue weighted by atomic mass is 32.2. The maximum atomic E-state index is 12.2. The van der Waals surface area contributed by atoms with Gasteiger partial charge in [0.05, 0.1) is 11.9 Å². The van der Waals surface area contributed by atoms with E-state index in [9.17, 15) is 13.2 Å². The van der Waals surface area contributed by atoms with E-state index in [1.165, 1.54) is 6.20 Å². The fourth-order valence-corrected chi connectivity index (χ4v) is 3.39. The van der Waals surface area contributed by atoms with Crippen LogP contribution in [0.15, 0.2) is 11.1 Å². The van der Waals surface area contributed by atoms with E-state index in [4.69, 9.17) is 5.11 Å². The number of aliphatic carboxylic acids is 1. The number of aromatic nitrogens is 2. The molecule has 7 nitrogen and oxygen atoms in total. The van der Waals surface area contributed by atoms with Gasteiger partial charge in [-0.1, -0.05) is 0 Å². The number of nitrogens with one attached hydrogen (secondary N) is 1. The molecule has 0 spiro atoms. The van der Waals surface area contributed by atoms with Gasteiger partial charge < -0.3 is 5.11 Å². The molecule has 1 heterocycles. The Labute approximate surface area is 98.5 Å². The maximum Gasteiger partial charge on any atom is 0.318 e. The second-order valence-corrected chi connectivity index (χ2v) is 5.89. The quantitative estimate of drug-likeness (QED) is 0.772. The number of carboxylic acids is 1. The summed E-state index contributed by atoms with van der Waals surface area (Å²) in [5.74, 6) is -1.15. The van der Waals surface area contributed by atoms with E-state index in [0.29, 0.717) is 18.5 Å². The molecule has 0 aromatic carbocycles. The number of nitrogens with zero attached hydrogens (tertiary/aromatic N) is 2. The van der Waals surface area contributed by atoms with Crippen molar-refractivity contribution in [2.45, 2.75) is 30.7 Å². The van der Waals surface area contributed by atoms with Gasteiger partial charge in [0.1, 0.15) is 11.4 Å². The van der Waals surface area contributed by atoms with Crippen molar-refractivity contribution in [3.05, 3.63) is 11.9 Å². The molecular formula is C9H13N3O4S. The molecule has 17 heavy (non-hydrogen) atoms. The average Bonchev–Trinajstić information content (AvgIpc) is 2.96. The van der Waals surface area contributed by atoms with E-state index in [1.807, 2.05) is 0 Å². The molecule has 1 saturated carbocycles. The fraction of sp³-hybridized carbons (Fsp3) is 0.556. The molecule has 1 fully saturated rings. The summed E-state index contributed by atoms with van der Waals surface area (Å²) < 4.78 is 25.5. The standard InChI is InChI=1S/C9H13N3O4S/c1-6-8(4-10-11-6)17(15,16)12(5-9(13)14)7-2-3-7/h4,7H,2-3,5H2,1H3,(H,10,11)(H,13,14). The van der Waals surface area contributed by atoms with Crippen LogP contribution in [0, 0.1) is 6.92 Å². The molecule has 0 radical (unpaired) electrons. The van der Waals surface area contributed by atoms with Gasteiger partial charge in [0.2, 0.25) is 10.0 Å². The summed E-state index contributed by atoms with van der Waals surface area (Å²) in [6.45, 7) is 1.09. The van der Waals surface area contributed by atoms with Crippen molar-refractivity contribution in [1.29, 1.82) is 0 Å². The van der Waals surface area contributed by atoms with Crippen LogP contribution in [-0.2, 0) is 14.8 Å². The number of hydrogen-bond acceptors (Lipinski definition) is 4. The minimum absolute atomic E-state index is 0.0469. The van der Waals surface area contributed by atoms with Crippen LogP contribution >= 0.6 is 0 Å². The van der Waals surface area contributed by atoms with Crippen LogP contribution in [0.4, 0.5) is 0 Å². The number of rotatable bonds is 5. The Hall–Kier alpha value is -1.41.